The van der Waals surface area contributed by atoms with E-state index in [9.17, 15) is 4.39 Å². The maximum Gasteiger partial charge on any atom is 0.161 e. The third kappa shape index (κ3) is 6.25. The molecule has 150 valence electrons. The highest BCUT2D eigenvalue weighted by molar-refractivity contribution is 5.85. The predicted octanol–water partition coefficient (Wildman–Crippen LogP) is 4.03. The van der Waals surface area contributed by atoms with Crippen molar-refractivity contribution in [2.75, 3.05) is 40.0 Å². The second-order valence-corrected chi connectivity index (χ2v) is 6.14. The van der Waals surface area contributed by atoms with Crippen LogP contribution in [0, 0.1) is 0 Å². The highest BCUT2D eigenvalue weighted by Gasteiger charge is 2.23. The van der Waals surface area contributed by atoms with Crippen LogP contribution in [0.3, 0.4) is 0 Å². The molecule has 1 aliphatic rings. The molecule has 27 heavy (non-hydrogen) atoms. The second kappa shape index (κ2) is 12.0. The first-order valence-electron chi connectivity index (χ1n) is 8.67. The van der Waals surface area contributed by atoms with E-state index in [1.165, 1.54) is 0 Å². The number of hydrogen-bond donors (Lipinski definition) is 1. The smallest absolute Gasteiger partial charge is 0.161 e. The van der Waals surface area contributed by atoms with E-state index >= 15 is 0 Å². The predicted molar refractivity (Wildman–Crippen MR) is 111 cm³/mol. The van der Waals surface area contributed by atoms with Gasteiger partial charge in [0.25, 0.3) is 0 Å². The van der Waals surface area contributed by atoms with Gasteiger partial charge in [-0.3, -0.25) is 4.90 Å². The van der Waals surface area contributed by atoms with Gasteiger partial charge in [-0.15, -0.1) is 24.8 Å². The van der Waals surface area contributed by atoms with Crippen LogP contribution in [0.15, 0.2) is 48.5 Å². The molecular weight excluding hydrogens is 390 g/mol. The lowest BCUT2D eigenvalue weighted by Crippen LogP contribution is -2.45. The number of ether oxygens (including phenoxy) is 2. The quantitative estimate of drug-likeness (QED) is 0.738. The lowest BCUT2D eigenvalue weighted by molar-refractivity contribution is 0.147. The van der Waals surface area contributed by atoms with Gasteiger partial charge in [0.05, 0.1) is 13.2 Å². The molecule has 0 aromatic heterocycles. The molecule has 1 saturated heterocycles. The third-order valence-corrected chi connectivity index (χ3v) is 4.55. The standard InChI is InChI=1S/C20H25FN2O2.2ClH/c1-24-20-13-17(18(14-21)23-11-9-22-10-12-23)7-8-19(20)25-15-16-5-3-2-4-6-16;;/h2-8,13,18,22H,9-12,14-15H2,1H3;2*1H/t18-;;/m0../s1. The van der Waals surface area contributed by atoms with Crippen molar-refractivity contribution in [3.63, 3.8) is 0 Å². The molecule has 2 aromatic carbocycles. The summed E-state index contributed by atoms with van der Waals surface area (Å²) >= 11 is 0. The van der Waals surface area contributed by atoms with Gasteiger partial charge >= 0.3 is 0 Å². The molecule has 1 N–H and O–H groups in total. The molecule has 0 unspecified atom stereocenters. The number of methoxy groups -OCH3 is 1. The lowest BCUT2D eigenvalue weighted by Gasteiger charge is -2.33. The van der Waals surface area contributed by atoms with E-state index in [-0.39, 0.29) is 30.9 Å². The number of hydrogen-bond acceptors (Lipinski definition) is 4. The van der Waals surface area contributed by atoms with Crippen molar-refractivity contribution in [2.45, 2.75) is 12.6 Å². The molecular formula is C20H27Cl2FN2O2. The lowest BCUT2D eigenvalue weighted by atomic mass is 10.0. The van der Waals surface area contributed by atoms with E-state index in [0.29, 0.717) is 18.1 Å². The minimum atomic E-state index is -0.409. The zero-order valence-electron chi connectivity index (χ0n) is 15.4. The third-order valence-electron chi connectivity index (χ3n) is 4.55. The Morgan fingerprint density at radius 1 is 1.04 bits per heavy atom. The summed E-state index contributed by atoms with van der Waals surface area (Å²) in [4.78, 5) is 2.18. The zero-order chi connectivity index (χ0) is 17.5. The van der Waals surface area contributed by atoms with Crippen molar-refractivity contribution in [2.24, 2.45) is 0 Å². The van der Waals surface area contributed by atoms with Crippen LogP contribution in [0.1, 0.15) is 17.2 Å². The van der Waals surface area contributed by atoms with Gasteiger partial charge in [0.1, 0.15) is 13.3 Å². The first-order valence-corrected chi connectivity index (χ1v) is 8.67. The van der Waals surface area contributed by atoms with Crippen LogP contribution in [-0.2, 0) is 6.61 Å². The largest absolute Gasteiger partial charge is 0.493 e. The fourth-order valence-corrected chi connectivity index (χ4v) is 3.14. The average Bonchev–Trinajstić information content (AvgIpc) is 2.69. The summed E-state index contributed by atoms with van der Waals surface area (Å²) in [6.07, 6.45) is 0. The van der Waals surface area contributed by atoms with Crippen LogP contribution in [0.4, 0.5) is 4.39 Å². The first kappa shape index (κ1) is 23.5. The summed E-state index contributed by atoms with van der Waals surface area (Å²) in [6, 6.07) is 15.5. The molecule has 1 heterocycles. The van der Waals surface area contributed by atoms with E-state index in [2.05, 4.69) is 10.2 Å². The molecule has 3 rings (SSSR count). The summed E-state index contributed by atoms with van der Waals surface area (Å²) in [5, 5.41) is 3.30. The molecule has 2 aromatic rings. The summed E-state index contributed by atoms with van der Waals surface area (Å²) in [6.45, 7) is 3.55. The van der Waals surface area contributed by atoms with Crippen molar-refractivity contribution >= 4 is 24.8 Å². The Hall–Kier alpha value is -1.53. The van der Waals surface area contributed by atoms with Gasteiger partial charge in [-0.25, -0.2) is 4.39 Å². The minimum absolute atomic E-state index is 0. The number of nitrogens with one attached hydrogen (secondary N) is 1. The highest BCUT2D eigenvalue weighted by Crippen LogP contribution is 2.33. The fraction of sp³-hybridized carbons (Fsp3) is 0.400. The molecule has 0 bridgehead atoms. The molecule has 0 saturated carbocycles. The van der Waals surface area contributed by atoms with E-state index in [4.69, 9.17) is 9.47 Å². The van der Waals surface area contributed by atoms with Crippen molar-refractivity contribution in [3.8, 4) is 11.5 Å². The number of piperazine rings is 1. The SMILES string of the molecule is COc1cc([C@H](CF)N2CCNCC2)ccc1OCc1ccccc1.Cl.Cl. The molecule has 1 atom stereocenters. The molecule has 7 heteroatoms. The molecule has 4 nitrogen and oxygen atoms in total. The zero-order valence-corrected chi connectivity index (χ0v) is 17.0. The van der Waals surface area contributed by atoms with Crippen molar-refractivity contribution < 1.29 is 13.9 Å². The number of benzene rings is 2. The van der Waals surface area contributed by atoms with Crippen molar-refractivity contribution in [3.05, 3.63) is 59.7 Å². The molecule has 0 amide bonds. The van der Waals surface area contributed by atoms with Gasteiger partial charge in [0.2, 0.25) is 0 Å². The maximum absolute atomic E-state index is 13.7. The van der Waals surface area contributed by atoms with Gasteiger partial charge in [-0.05, 0) is 23.3 Å². The van der Waals surface area contributed by atoms with Gasteiger partial charge in [0, 0.05) is 26.2 Å². The van der Waals surface area contributed by atoms with Gasteiger partial charge in [-0.2, -0.15) is 0 Å². The van der Waals surface area contributed by atoms with Crippen LogP contribution in [-0.4, -0.2) is 44.9 Å². The average molecular weight is 417 g/mol. The van der Waals surface area contributed by atoms with Crippen molar-refractivity contribution in [1.82, 2.24) is 10.2 Å². The first-order chi connectivity index (χ1) is 12.3. The monoisotopic (exact) mass is 416 g/mol. The van der Waals surface area contributed by atoms with Crippen LogP contribution >= 0.6 is 24.8 Å². The maximum atomic E-state index is 13.7. The fourth-order valence-electron chi connectivity index (χ4n) is 3.14. The Labute approximate surface area is 172 Å². The van der Waals surface area contributed by atoms with Crippen molar-refractivity contribution in [1.29, 1.82) is 0 Å². The summed E-state index contributed by atoms with van der Waals surface area (Å²) in [5.74, 6) is 1.31. The molecule has 1 fully saturated rings. The van der Waals surface area contributed by atoms with E-state index in [0.717, 1.165) is 37.3 Å². The Balaban J connectivity index is 0.00000182. The van der Waals surface area contributed by atoms with Crippen LogP contribution in [0.5, 0.6) is 11.5 Å². The van der Waals surface area contributed by atoms with Crippen LogP contribution < -0.4 is 14.8 Å². The minimum Gasteiger partial charge on any atom is -0.493 e. The van der Waals surface area contributed by atoms with Crippen LogP contribution in [0.2, 0.25) is 0 Å². The van der Waals surface area contributed by atoms with Gasteiger partial charge in [-0.1, -0.05) is 36.4 Å². The highest BCUT2D eigenvalue weighted by atomic mass is 35.5. The summed E-state index contributed by atoms with van der Waals surface area (Å²) in [7, 11) is 1.61. The van der Waals surface area contributed by atoms with E-state index in [1.807, 2.05) is 48.5 Å². The Morgan fingerprint density at radius 2 is 1.74 bits per heavy atom. The summed E-state index contributed by atoms with van der Waals surface area (Å²) in [5.41, 5.74) is 2.02. The number of nitrogens with zero attached hydrogens (tertiary/aromatic N) is 1. The number of alkyl halides is 1. The Kier molecular flexibility index (Phi) is 10.5. The number of halogens is 3. The van der Waals surface area contributed by atoms with E-state index < -0.39 is 6.67 Å². The summed E-state index contributed by atoms with van der Waals surface area (Å²) < 4.78 is 25.1. The molecule has 0 spiro atoms. The Morgan fingerprint density at radius 3 is 2.37 bits per heavy atom. The van der Waals surface area contributed by atoms with Gasteiger partial charge in [0.15, 0.2) is 11.5 Å². The second-order valence-electron chi connectivity index (χ2n) is 6.14. The normalized spacial score (nSPS) is 15.2. The van der Waals surface area contributed by atoms with E-state index in [1.54, 1.807) is 7.11 Å². The molecule has 0 radical (unpaired) electrons. The number of rotatable bonds is 7. The van der Waals surface area contributed by atoms with Crippen LogP contribution in [0.25, 0.3) is 0 Å². The molecule has 0 aliphatic carbocycles. The van der Waals surface area contributed by atoms with Gasteiger partial charge < -0.3 is 14.8 Å². The Bertz CT molecular complexity index is 670. The molecule has 1 aliphatic heterocycles. The topological polar surface area (TPSA) is 33.7 Å².